The number of hydrogen-bond donors (Lipinski definition) is 3. The predicted molar refractivity (Wildman–Crippen MR) is 55.5 cm³/mol. The SMILES string of the molecule is N=C(N)NC(=O)C=Cc1ccccc1F. The summed E-state index contributed by atoms with van der Waals surface area (Å²) in [6, 6.07) is 6.05. The van der Waals surface area contributed by atoms with E-state index in [4.69, 9.17) is 11.1 Å². The van der Waals surface area contributed by atoms with Crippen LogP contribution in [0, 0.1) is 11.2 Å². The van der Waals surface area contributed by atoms with E-state index >= 15 is 0 Å². The zero-order valence-corrected chi connectivity index (χ0v) is 7.83. The summed E-state index contributed by atoms with van der Waals surface area (Å²) in [4.78, 5) is 11.0. The topological polar surface area (TPSA) is 79.0 Å². The summed E-state index contributed by atoms with van der Waals surface area (Å²) < 4.78 is 13.1. The summed E-state index contributed by atoms with van der Waals surface area (Å²) in [6.07, 6.45) is 2.42. The molecule has 1 amide bonds. The summed E-state index contributed by atoms with van der Waals surface area (Å²) >= 11 is 0. The van der Waals surface area contributed by atoms with Gasteiger partial charge in [-0.25, -0.2) is 4.39 Å². The number of nitrogens with two attached hydrogens (primary N) is 1. The van der Waals surface area contributed by atoms with Crippen LogP contribution in [0.2, 0.25) is 0 Å². The van der Waals surface area contributed by atoms with Crippen LogP contribution in [0.1, 0.15) is 5.56 Å². The molecule has 0 saturated heterocycles. The van der Waals surface area contributed by atoms with Crippen molar-refractivity contribution in [2.24, 2.45) is 5.73 Å². The fraction of sp³-hybridized carbons (Fsp3) is 0. The predicted octanol–water partition coefficient (Wildman–Crippen LogP) is 0.849. The molecule has 1 aromatic carbocycles. The lowest BCUT2D eigenvalue weighted by Gasteiger charge is -1.97. The van der Waals surface area contributed by atoms with Gasteiger partial charge in [0.05, 0.1) is 0 Å². The molecule has 0 aliphatic rings. The van der Waals surface area contributed by atoms with E-state index in [0.29, 0.717) is 5.56 Å². The number of carbonyl (C=O) groups excluding carboxylic acids is 1. The Bertz CT molecular complexity index is 415. The fourth-order valence-corrected chi connectivity index (χ4v) is 0.950. The smallest absolute Gasteiger partial charge is 0.250 e. The Morgan fingerprint density at radius 1 is 1.47 bits per heavy atom. The molecule has 4 nitrogen and oxygen atoms in total. The van der Waals surface area contributed by atoms with Crippen LogP contribution in [0.5, 0.6) is 0 Å². The number of rotatable bonds is 2. The van der Waals surface area contributed by atoms with Crippen LogP contribution in [-0.4, -0.2) is 11.9 Å². The molecule has 0 radical (unpaired) electrons. The van der Waals surface area contributed by atoms with Crippen LogP contribution in [0.4, 0.5) is 4.39 Å². The van der Waals surface area contributed by atoms with Crippen molar-refractivity contribution in [2.75, 3.05) is 0 Å². The normalized spacial score (nSPS) is 10.2. The number of halogens is 1. The van der Waals surface area contributed by atoms with E-state index in [2.05, 4.69) is 0 Å². The first-order valence-electron chi connectivity index (χ1n) is 4.17. The Kier molecular flexibility index (Phi) is 3.56. The first-order chi connectivity index (χ1) is 7.09. The van der Waals surface area contributed by atoms with Crippen molar-refractivity contribution in [3.8, 4) is 0 Å². The molecule has 0 spiro atoms. The lowest BCUT2D eigenvalue weighted by atomic mass is 10.2. The van der Waals surface area contributed by atoms with Gasteiger partial charge in [-0.2, -0.15) is 0 Å². The average molecular weight is 207 g/mol. The first kappa shape index (κ1) is 10.9. The Balaban J connectivity index is 2.70. The van der Waals surface area contributed by atoms with E-state index in [9.17, 15) is 9.18 Å². The van der Waals surface area contributed by atoms with Gasteiger partial charge in [0, 0.05) is 11.6 Å². The summed E-state index contributed by atoms with van der Waals surface area (Å²) in [5, 5.41) is 8.83. The second kappa shape index (κ2) is 4.90. The van der Waals surface area contributed by atoms with Crippen molar-refractivity contribution >= 4 is 17.9 Å². The Hall–Kier alpha value is -2.17. The molecule has 1 rings (SSSR count). The zero-order chi connectivity index (χ0) is 11.3. The van der Waals surface area contributed by atoms with Crippen molar-refractivity contribution in [3.63, 3.8) is 0 Å². The molecular weight excluding hydrogens is 197 g/mol. The monoisotopic (exact) mass is 207 g/mol. The molecular formula is C10H10FN3O. The Labute approximate surface area is 86.1 Å². The molecule has 0 fully saturated rings. The summed E-state index contributed by atoms with van der Waals surface area (Å²) in [7, 11) is 0. The van der Waals surface area contributed by atoms with Crippen LogP contribution in [0.3, 0.4) is 0 Å². The van der Waals surface area contributed by atoms with E-state index in [0.717, 1.165) is 6.08 Å². The largest absolute Gasteiger partial charge is 0.370 e. The van der Waals surface area contributed by atoms with Crippen LogP contribution >= 0.6 is 0 Å². The highest BCUT2D eigenvalue weighted by molar-refractivity contribution is 6.02. The zero-order valence-electron chi connectivity index (χ0n) is 7.83. The molecule has 15 heavy (non-hydrogen) atoms. The third kappa shape index (κ3) is 3.60. The summed E-state index contributed by atoms with van der Waals surface area (Å²) in [5.41, 5.74) is 5.24. The molecule has 1 aromatic rings. The van der Waals surface area contributed by atoms with Crippen molar-refractivity contribution in [3.05, 3.63) is 41.7 Å². The van der Waals surface area contributed by atoms with Crippen molar-refractivity contribution in [1.82, 2.24) is 5.32 Å². The van der Waals surface area contributed by atoms with Crippen LogP contribution in [-0.2, 0) is 4.79 Å². The first-order valence-corrected chi connectivity index (χ1v) is 4.17. The molecule has 0 saturated carbocycles. The number of guanidine groups is 1. The average Bonchev–Trinajstić information content (AvgIpc) is 2.15. The summed E-state index contributed by atoms with van der Waals surface area (Å²) in [6.45, 7) is 0. The maximum Gasteiger partial charge on any atom is 0.250 e. The highest BCUT2D eigenvalue weighted by atomic mass is 19.1. The third-order valence-corrected chi connectivity index (χ3v) is 1.58. The minimum absolute atomic E-state index is 0.302. The maximum absolute atomic E-state index is 13.1. The molecule has 0 aliphatic heterocycles. The lowest BCUT2D eigenvalue weighted by molar-refractivity contribution is -0.115. The molecule has 5 heteroatoms. The minimum Gasteiger partial charge on any atom is -0.370 e. The van der Waals surface area contributed by atoms with E-state index in [1.807, 2.05) is 5.32 Å². The van der Waals surface area contributed by atoms with Crippen molar-refractivity contribution < 1.29 is 9.18 Å². The van der Waals surface area contributed by atoms with Gasteiger partial charge in [0.25, 0.3) is 5.91 Å². The third-order valence-electron chi connectivity index (χ3n) is 1.58. The van der Waals surface area contributed by atoms with Gasteiger partial charge in [-0.05, 0) is 12.1 Å². The molecule has 78 valence electrons. The number of benzene rings is 1. The molecule has 0 heterocycles. The Morgan fingerprint density at radius 3 is 2.73 bits per heavy atom. The highest BCUT2D eigenvalue weighted by Gasteiger charge is 1.98. The van der Waals surface area contributed by atoms with Gasteiger partial charge in [-0.15, -0.1) is 0 Å². The van der Waals surface area contributed by atoms with Crippen molar-refractivity contribution in [2.45, 2.75) is 0 Å². The van der Waals surface area contributed by atoms with Crippen LogP contribution in [0.15, 0.2) is 30.3 Å². The van der Waals surface area contributed by atoms with Gasteiger partial charge >= 0.3 is 0 Å². The molecule has 0 aromatic heterocycles. The molecule has 4 N–H and O–H groups in total. The molecule has 0 atom stereocenters. The van der Waals surface area contributed by atoms with Gasteiger partial charge in [-0.3, -0.25) is 15.5 Å². The number of nitrogens with one attached hydrogen (secondary N) is 2. The van der Waals surface area contributed by atoms with Crippen LogP contribution < -0.4 is 11.1 Å². The molecule has 0 aliphatic carbocycles. The summed E-state index contributed by atoms with van der Waals surface area (Å²) in [5.74, 6) is -1.42. The van der Waals surface area contributed by atoms with Gasteiger partial charge in [-0.1, -0.05) is 18.2 Å². The van der Waals surface area contributed by atoms with Gasteiger partial charge in [0.15, 0.2) is 5.96 Å². The number of hydrogen-bond acceptors (Lipinski definition) is 2. The van der Waals surface area contributed by atoms with Gasteiger partial charge < -0.3 is 5.73 Å². The second-order valence-electron chi connectivity index (χ2n) is 2.76. The van der Waals surface area contributed by atoms with E-state index in [-0.39, 0.29) is 0 Å². The Morgan fingerprint density at radius 2 is 2.13 bits per heavy atom. The van der Waals surface area contributed by atoms with E-state index in [1.165, 1.54) is 18.2 Å². The van der Waals surface area contributed by atoms with Crippen LogP contribution in [0.25, 0.3) is 6.08 Å². The molecule has 0 bridgehead atoms. The highest BCUT2D eigenvalue weighted by Crippen LogP contribution is 2.07. The quantitative estimate of drug-likeness (QED) is 0.382. The van der Waals surface area contributed by atoms with E-state index in [1.54, 1.807) is 12.1 Å². The standard InChI is InChI=1S/C10H10FN3O/c11-8-4-2-1-3-7(8)5-6-9(15)14-10(12)13/h1-6H,(H4,12,13,14,15). The number of carbonyl (C=O) groups is 1. The minimum atomic E-state index is -0.564. The lowest BCUT2D eigenvalue weighted by Crippen LogP contribution is -2.34. The fourth-order valence-electron chi connectivity index (χ4n) is 0.950. The second-order valence-corrected chi connectivity index (χ2v) is 2.76. The maximum atomic E-state index is 13.1. The van der Waals surface area contributed by atoms with Gasteiger partial charge in [0.1, 0.15) is 5.82 Å². The number of amides is 1. The van der Waals surface area contributed by atoms with Gasteiger partial charge in [0.2, 0.25) is 0 Å². The van der Waals surface area contributed by atoms with Crippen molar-refractivity contribution in [1.29, 1.82) is 5.41 Å². The molecule has 0 unspecified atom stereocenters. The van der Waals surface area contributed by atoms with E-state index < -0.39 is 17.7 Å².